The highest BCUT2D eigenvalue weighted by molar-refractivity contribution is 5.86. The highest BCUT2D eigenvalue weighted by Crippen LogP contribution is 2.35. The molecule has 0 spiro atoms. The summed E-state index contributed by atoms with van der Waals surface area (Å²) in [7, 11) is 0. The number of nitrogens with zero attached hydrogens (tertiary/aromatic N) is 3. The van der Waals surface area contributed by atoms with Crippen LogP contribution < -0.4 is 19.9 Å². The van der Waals surface area contributed by atoms with Crippen LogP contribution >= 0.6 is 0 Å². The summed E-state index contributed by atoms with van der Waals surface area (Å²) in [6.07, 6.45) is 3.96. The van der Waals surface area contributed by atoms with Crippen LogP contribution in [0.1, 0.15) is 46.1 Å². The maximum atomic E-state index is 14.9. The molecule has 0 aliphatic carbocycles. The van der Waals surface area contributed by atoms with Crippen molar-refractivity contribution in [2.45, 2.75) is 64.8 Å². The SMILES string of the molecule is CCN(c1nccc(F)c1NC(C)(C)C)C1CCN(c2cc3cc(OCc4ccccc4)ccc3[nH]2)C(C=O)C1. The highest BCUT2D eigenvalue weighted by Gasteiger charge is 2.34. The maximum Gasteiger partial charge on any atom is 0.155 e. The third kappa shape index (κ3) is 6.06. The molecule has 7 nitrogen and oxygen atoms in total. The van der Waals surface area contributed by atoms with Gasteiger partial charge in [0.2, 0.25) is 0 Å². The molecule has 0 amide bonds. The average molecular weight is 544 g/mol. The van der Waals surface area contributed by atoms with Crippen molar-refractivity contribution in [2.24, 2.45) is 0 Å². The van der Waals surface area contributed by atoms with Crippen LogP contribution in [0.4, 0.5) is 21.7 Å². The number of rotatable bonds is 9. The summed E-state index contributed by atoms with van der Waals surface area (Å²) < 4.78 is 20.9. The Kier molecular flexibility index (Phi) is 7.96. The van der Waals surface area contributed by atoms with Crippen molar-refractivity contribution in [2.75, 3.05) is 28.2 Å². The fourth-order valence-electron chi connectivity index (χ4n) is 5.49. The Labute approximate surface area is 235 Å². The number of hydrogen-bond acceptors (Lipinski definition) is 6. The minimum Gasteiger partial charge on any atom is -0.489 e. The number of nitrogens with one attached hydrogen (secondary N) is 2. The lowest BCUT2D eigenvalue weighted by atomic mass is 9.96. The first kappa shape index (κ1) is 27.5. The average Bonchev–Trinajstić information content (AvgIpc) is 3.37. The Hall–Kier alpha value is -4.07. The number of fused-ring (bicyclic) bond motifs is 1. The second-order valence-corrected chi connectivity index (χ2v) is 11.4. The molecule has 8 heteroatoms. The first-order valence-corrected chi connectivity index (χ1v) is 14.0. The Morgan fingerprint density at radius 2 is 1.98 bits per heavy atom. The molecule has 0 radical (unpaired) electrons. The molecule has 0 saturated carbocycles. The van der Waals surface area contributed by atoms with Gasteiger partial charge >= 0.3 is 0 Å². The minimum atomic E-state index is -0.326. The second-order valence-electron chi connectivity index (χ2n) is 11.4. The van der Waals surface area contributed by atoms with Gasteiger partial charge in [0.25, 0.3) is 0 Å². The van der Waals surface area contributed by atoms with Crippen LogP contribution in [0.25, 0.3) is 10.9 Å². The number of carbonyl (C=O) groups excluding carboxylic acids is 1. The normalized spacial score (nSPS) is 17.6. The molecule has 2 aromatic carbocycles. The van der Waals surface area contributed by atoms with Crippen molar-refractivity contribution in [1.29, 1.82) is 0 Å². The monoisotopic (exact) mass is 543 g/mol. The standard InChI is InChI=1S/C32H38FN5O2/c1-5-37(31-30(36-32(2,3)4)27(33)13-15-34-31)24-14-16-38(25(19-24)20-39)29-18-23-17-26(11-12-28(23)35-29)40-21-22-9-7-6-8-10-22/h6-13,15,17-18,20,24-25,35-36H,5,14,16,19,21H2,1-4H3. The number of aromatic nitrogens is 2. The van der Waals surface area contributed by atoms with Gasteiger partial charge in [0.1, 0.15) is 30.1 Å². The smallest absolute Gasteiger partial charge is 0.155 e. The lowest BCUT2D eigenvalue weighted by Gasteiger charge is -2.43. The molecule has 2 unspecified atom stereocenters. The van der Waals surface area contributed by atoms with Crippen LogP contribution in [0.2, 0.25) is 0 Å². The molecule has 1 aliphatic heterocycles. The predicted octanol–water partition coefficient (Wildman–Crippen LogP) is 6.55. The van der Waals surface area contributed by atoms with Crippen LogP contribution in [0, 0.1) is 5.82 Å². The zero-order chi connectivity index (χ0) is 28.3. The summed E-state index contributed by atoms with van der Waals surface area (Å²) in [4.78, 5) is 24.7. The van der Waals surface area contributed by atoms with Crippen molar-refractivity contribution < 1.29 is 13.9 Å². The van der Waals surface area contributed by atoms with E-state index in [1.165, 1.54) is 12.3 Å². The van der Waals surface area contributed by atoms with Gasteiger partial charge in [-0.25, -0.2) is 9.37 Å². The second kappa shape index (κ2) is 11.6. The maximum absolute atomic E-state index is 14.9. The number of carbonyl (C=O) groups is 1. The number of H-pyrrole nitrogens is 1. The Morgan fingerprint density at radius 1 is 1.18 bits per heavy atom. The molecule has 1 fully saturated rings. The number of benzene rings is 2. The van der Waals surface area contributed by atoms with E-state index in [0.717, 1.165) is 40.7 Å². The van der Waals surface area contributed by atoms with E-state index < -0.39 is 0 Å². The number of aromatic amines is 1. The largest absolute Gasteiger partial charge is 0.489 e. The molecule has 40 heavy (non-hydrogen) atoms. The molecule has 1 saturated heterocycles. The number of anilines is 3. The lowest BCUT2D eigenvalue weighted by Crippen LogP contribution is -2.51. The van der Waals surface area contributed by atoms with Crippen molar-refractivity contribution in [3.63, 3.8) is 0 Å². The van der Waals surface area contributed by atoms with Gasteiger partial charge in [-0.1, -0.05) is 30.3 Å². The molecule has 210 valence electrons. The van der Waals surface area contributed by atoms with E-state index >= 15 is 0 Å². The molecule has 4 aromatic rings. The van der Waals surface area contributed by atoms with Gasteiger partial charge in [-0.05, 0) is 76.4 Å². The summed E-state index contributed by atoms with van der Waals surface area (Å²) >= 11 is 0. The van der Waals surface area contributed by atoms with E-state index in [2.05, 4.69) is 31.2 Å². The van der Waals surface area contributed by atoms with Gasteiger partial charge < -0.3 is 29.6 Å². The molecule has 0 bridgehead atoms. The zero-order valence-corrected chi connectivity index (χ0v) is 23.7. The molecular weight excluding hydrogens is 505 g/mol. The van der Waals surface area contributed by atoms with Crippen LogP contribution in [-0.4, -0.2) is 47.0 Å². The number of hydrogen-bond donors (Lipinski definition) is 2. The van der Waals surface area contributed by atoms with E-state index in [4.69, 9.17) is 4.74 Å². The zero-order valence-electron chi connectivity index (χ0n) is 23.7. The Bertz CT molecular complexity index is 1450. The number of pyridine rings is 1. The van der Waals surface area contributed by atoms with Crippen LogP contribution in [-0.2, 0) is 11.4 Å². The number of ether oxygens (including phenoxy) is 1. The number of piperidine rings is 1. The van der Waals surface area contributed by atoms with E-state index in [1.54, 1.807) is 0 Å². The third-order valence-electron chi connectivity index (χ3n) is 7.34. The highest BCUT2D eigenvalue weighted by atomic mass is 19.1. The summed E-state index contributed by atoms with van der Waals surface area (Å²) in [6.45, 7) is 9.89. The summed E-state index contributed by atoms with van der Waals surface area (Å²) in [5, 5.41) is 4.33. The topological polar surface area (TPSA) is 73.5 Å². The third-order valence-corrected chi connectivity index (χ3v) is 7.34. The lowest BCUT2D eigenvalue weighted by molar-refractivity contribution is -0.109. The van der Waals surface area contributed by atoms with Crippen molar-refractivity contribution in [3.8, 4) is 5.75 Å². The van der Waals surface area contributed by atoms with Gasteiger partial charge in [-0.15, -0.1) is 0 Å². The molecule has 2 atom stereocenters. The van der Waals surface area contributed by atoms with Gasteiger partial charge in [0, 0.05) is 41.8 Å². The number of halogens is 1. The van der Waals surface area contributed by atoms with E-state index in [1.807, 2.05) is 76.2 Å². The van der Waals surface area contributed by atoms with Crippen molar-refractivity contribution >= 4 is 34.5 Å². The fraction of sp³-hybridized carbons (Fsp3) is 0.375. The molecule has 2 N–H and O–H groups in total. The van der Waals surface area contributed by atoms with Gasteiger partial charge in [0.05, 0.1) is 6.04 Å². The van der Waals surface area contributed by atoms with Crippen molar-refractivity contribution in [3.05, 3.63) is 78.2 Å². The molecule has 3 heterocycles. The first-order chi connectivity index (χ1) is 19.3. The summed E-state index contributed by atoms with van der Waals surface area (Å²) in [6, 6.07) is 19.3. The van der Waals surface area contributed by atoms with Gasteiger partial charge in [0.15, 0.2) is 11.6 Å². The van der Waals surface area contributed by atoms with Crippen LogP contribution in [0.3, 0.4) is 0 Å². The molecule has 5 rings (SSSR count). The summed E-state index contributed by atoms with van der Waals surface area (Å²) in [5.74, 6) is 1.98. The van der Waals surface area contributed by atoms with Gasteiger partial charge in [-0.2, -0.15) is 0 Å². The predicted molar refractivity (Wildman–Crippen MR) is 160 cm³/mol. The molecule has 1 aliphatic rings. The van der Waals surface area contributed by atoms with Gasteiger partial charge in [-0.3, -0.25) is 0 Å². The Balaban J connectivity index is 1.33. The van der Waals surface area contributed by atoms with Crippen LogP contribution in [0.5, 0.6) is 5.75 Å². The fourth-order valence-corrected chi connectivity index (χ4v) is 5.49. The quantitative estimate of drug-likeness (QED) is 0.233. The first-order valence-electron chi connectivity index (χ1n) is 14.0. The van der Waals surface area contributed by atoms with E-state index in [-0.39, 0.29) is 23.4 Å². The van der Waals surface area contributed by atoms with Crippen LogP contribution in [0.15, 0.2) is 66.9 Å². The van der Waals surface area contributed by atoms with E-state index in [9.17, 15) is 9.18 Å². The Morgan fingerprint density at radius 3 is 2.70 bits per heavy atom. The summed E-state index contributed by atoms with van der Waals surface area (Å²) in [5.41, 5.74) is 2.19. The minimum absolute atomic E-state index is 0.0497. The molecular formula is C32H38FN5O2. The number of aldehydes is 1. The van der Waals surface area contributed by atoms with E-state index in [0.29, 0.717) is 37.6 Å². The molecule has 2 aromatic heterocycles. The van der Waals surface area contributed by atoms with Crippen molar-refractivity contribution in [1.82, 2.24) is 9.97 Å².